The number of anilines is 3. The summed E-state index contributed by atoms with van der Waals surface area (Å²) in [7, 11) is 0. The van der Waals surface area contributed by atoms with Gasteiger partial charge in [-0.15, -0.1) is 0 Å². The largest absolute Gasteiger partial charge is 0.310 e. The Morgan fingerprint density at radius 2 is 0.695 bits per heavy atom. The molecule has 0 unspecified atom stereocenters. The molecule has 0 radical (unpaired) electrons. The van der Waals surface area contributed by atoms with Crippen molar-refractivity contribution in [3.63, 3.8) is 0 Å². The molecule has 0 N–H and O–H groups in total. The van der Waals surface area contributed by atoms with Gasteiger partial charge >= 0.3 is 0 Å². The standard InChI is InChI=1S/C58H41N/c1-4-13-42(14-5-1)46-23-25-47(26-24-46)48-29-33-56(34-30-48)59(58-22-12-21-51(41-58)52-28-27-45-19-10-11-20-50(45)37-52)57-35-31-49(32-36-57)55-39-53(43-15-6-2-7-16-43)38-54(40-55)44-17-8-3-9-18-44/h1-41H/i1D,4D,5D,13D,14D,23D,24D,25D,26D,29D,30D,33D,34D. The summed E-state index contributed by atoms with van der Waals surface area (Å²) < 4.78 is 116. The van der Waals surface area contributed by atoms with Crippen molar-refractivity contribution >= 4 is 27.8 Å². The van der Waals surface area contributed by atoms with Crippen molar-refractivity contribution in [1.82, 2.24) is 0 Å². The van der Waals surface area contributed by atoms with Crippen LogP contribution in [0.2, 0.25) is 0 Å². The minimum Gasteiger partial charge on any atom is -0.310 e. The highest BCUT2D eigenvalue weighted by Crippen LogP contribution is 2.40. The van der Waals surface area contributed by atoms with Crippen molar-refractivity contribution in [1.29, 1.82) is 0 Å². The molecule has 278 valence electrons. The lowest BCUT2D eigenvalue weighted by molar-refractivity contribution is 1.28. The number of rotatable bonds is 9. The summed E-state index contributed by atoms with van der Waals surface area (Å²) >= 11 is 0. The van der Waals surface area contributed by atoms with Gasteiger partial charge in [0.05, 0.1) is 17.8 Å². The topological polar surface area (TPSA) is 3.24 Å². The van der Waals surface area contributed by atoms with Crippen LogP contribution < -0.4 is 4.90 Å². The highest BCUT2D eigenvalue weighted by atomic mass is 15.1. The third-order valence-corrected chi connectivity index (χ3v) is 10.3. The van der Waals surface area contributed by atoms with Crippen molar-refractivity contribution in [2.24, 2.45) is 0 Å². The quantitative estimate of drug-likeness (QED) is 0.141. The zero-order valence-corrected chi connectivity index (χ0v) is 31.6. The fourth-order valence-corrected chi connectivity index (χ4v) is 7.27. The van der Waals surface area contributed by atoms with E-state index in [0.29, 0.717) is 11.4 Å². The second kappa shape index (κ2) is 16.0. The van der Waals surface area contributed by atoms with Gasteiger partial charge in [0.2, 0.25) is 0 Å². The van der Waals surface area contributed by atoms with E-state index in [9.17, 15) is 5.48 Å². The van der Waals surface area contributed by atoms with Crippen molar-refractivity contribution in [3.05, 3.63) is 248 Å². The van der Waals surface area contributed by atoms with Gasteiger partial charge in [-0.25, -0.2) is 0 Å². The highest BCUT2D eigenvalue weighted by molar-refractivity contribution is 5.89. The summed E-state index contributed by atoms with van der Waals surface area (Å²) in [4.78, 5) is 1.64. The molecule has 0 saturated carbocycles. The lowest BCUT2D eigenvalue weighted by Crippen LogP contribution is -2.10. The fourth-order valence-electron chi connectivity index (χ4n) is 7.27. The monoisotopic (exact) mass is 764 g/mol. The van der Waals surface area contributed by atoms with E-state index in [1.54, 1.807) is 4.90 Å². The van der Waals surface area contributed by atoms with Crippen LogP contribution in [0, 0.1) is 0 Å². The van der Waals surface area contributed by atoms with Crippen LogP contribution in [0.1, 0.15) is 17.8 Å². The Hall–Kier alpha value is -7.74. The first-order valence-corrected chi connectivity index (χ1v) is 19.2. The van der Waals surface area contributed by atoms with Crippen molar-refractivity contribution in [2.45, 2.75) is 0 Å². The average molecular weight is 765 g/mol. The molecule has 59 heavy (non-hydrogen) atoms. The molecule has 0 aliphatic carbocycles. The third-order valence-electron chi connectivity index (χ3n) is 10.3. The lowest BCUT2D eigenvalue weighted by Gasteiger charge is -2.26. The molecule has 0 aliphatic heterocycles. The third kappa shape index (κ3) is 7.58. The predicted molar refractivity (Wildman–Crippen MR) is 251 cm³/mol. The zero-order valence-electron chi connectivity index (χ0n) is 44.6. The Bertz CT molecular complexity index is 3640. The molecule has 10 rings (SSSR count). The first-order valence-electron chi connectivity index (χ1n) is 25.7. The summed E-state index contributed by atoms with van der Waals surface area (Å²) in [5.74, 6) is 0. The number of fused-ring (bicyclic) bond motifs is 1. The van der Waals surface area contributed by atoms with E-state index >= 15 is 0 Å². The predicted octanol–water partition coefficient (Wildman–Crippen LogP) is 16.3. The molecule has 10 aromatic carbocycles. The van der Waals surface area contributed by atoms with E-state index < -0.39 is 101 Å². The van der Waals surface area contributed by atoms with Crippen molar-refractivity contribution < 1.29 is 17.8 Å². The van der Waals surface area contributed by atoms with Crippen LogP contribution in [0.3, 0.4) is 0 Å². The second-order valence-electron chi connectivity index (χ2n) is 14.0. The number of hydrogen-bond donors (Lipinski definition) is 0. The molecule has 0 heterocycles. The normalized spacial score (nSPS) is 14.1. The SMILES string of the molecule is [2H]c1c([2H])c([2H])c(-c2c([2H])c([2H])c(-c3c([2H])c([2H])c(N(c4ccc(-c5cc(-c6ccccc6)cc(-c6ccccc6)c5)cc4)c4cccc(-c5ccc6ccccc6c5)c4)c([2H])c3[2H])c([2H])c2[2H])c([2H])c1[2H]. The molecule has 0 fully saturated rings. The minimum atomic E-state index is -0.775. The second-order valence-corrected chi connectivity index (χ2v) is 14.0. The molecule has 0 saturated heterocycles. The Labute approximate surface area is 365 Å². The van der Waals surface area contributed by atoms with Gasteiger partial charge in [-0.05, 0) is 138 Å². The van der Waals surface area contributed by atoms with E-state index in [4.69, 9.17) is 12.3 Å². The van der Waals surface area contributed by atoms with E-state index in [1.807, 2.05) is 121 Å². The Balaban J connectivity index is 1.15. The van der Waals surface area contributed by atoms with Crippen LogP contribution in [0.5, 0.6) is 0 Å². The van der Waals surface area contributed by atoms with Gasteiger partial charge in [0.1, 0.15) is 0 Å². The minimum absolute atomic E-state index is 0.138. The lowest BCUT2D eigenvalue weighted by atomic mass is 9.93. The van der Waals surface area contributed by atoms with E-state index in [0.717, 1.165) is 55.3 Å². The van der Waals surface area contributed by atoms with Crippen LogP contribution in [0.4, 0.5) is 17.1 Å². The van der Waals surface area contributed by atoms with Crippen LogP contribution in [-0.2, 0) is 0 Å². The molecular weight excluding hydrogens is 711 g/mol. The molecule has 10 aromatic rings. The van der Waals surface area contributed by atoms with Gasteiger partial charge in [0.25, 0.3) is 0 Å². The van der Waals surface area contributed by atoms with Gasteiger partial charge in [0, 0.05) is 17.1 Å². The maximum atomic E-state index is 9.64. The molecule has 0 aromatic heterocycles. The number of nitrogens with zero attached hydrogens (tertiary/aromatic N) is 1. The molecular formula is C58H41N. The average Bonchev–Trinajstić information content (AvgIpc) is 3.42. The smallest absolute Gasteiger partial charge is 0.0645 e. The van der Waals surface area contributed by atoms with Gasteiger partial charge in [-0.2, -0.15) is 0 Å². The molecule has 1 heteroatoms. The summed E-state index contributed by atoms with van der Waals surface area (Å²) in [6.45, 7) is 0. The Morgan fingerprint density at radius 3 is 1.29 bits per heavy atom. The molecule has 0 bridgehead atoms. The van der Waals surface area contributed by atoms with Crippen LogP contribution in [0.15, 0.2) is 248 Å². The highest BCUT2D eigenvalue weighted by Gasteiger charge is 2.16. The van der Waals surface area contributed by atoms with E-state index in [2.05, 4.69) is 48.5 Å². The molecule has 0 amide bonds. The van der Waals surface area contributed by atoms with Gasteiger partial charge in [0.15, 0.2) is 0 Å². The van der Waals surface area contributed by atoms with Crippen molar-refractivity contribution in [3.8, 4) is 66.8 Å². The maximum absolute atomic E-state index is 9.64. The number of hydrogen-bond acceptors (Lipinski definition) is 1. The fraction of sp³-hybridized carbons (Fsp3) is 0. The Kier molecular flexibility index (Phi) is 6.55. The molecule has 0 aliphatic rings. The Morgan fingerprint density at radius 1 is 0.237 bits per heavy atom. The van der Waals surface area contributed by atoms with E-state index in [1.165, 1.54) is 0 Å². The van der Waals surface area contributed by atoms with Gasteiger partial charge < -0.3 is 4.90 Å². The first kappa shape index (κ1) is 24.1. The van der Waals surface area contributed by atoms with Crippen LogP contribution in [0.25, 0.3) is 77.5 Å². The first-order chi connectivity index (χ1) is 34.6. The molecule has 1 nitrogen and oxygen atoms in total. The zero-order chi connectivity index (χ0) is 50.7. The molecule has 0 atom stereocenters. The van der Waals surface area contributed by atoms with Gasteiger partial charge in [-0.3, -0.25) is 0 Å². The summed E-state index contributed by atoms with van der Waals surface area (Å²) in [6, 6.07) is 46.9. The molecule has 0 spiro atoms. The number of benzene rings is 10. The maximum Gasteiger partial charge on any atom is 0.0645 e. The summed E-state index contributed by atoms with van der Waals surface area (Å²) in [5, 5.41) is 2.10. The van der Waals surface area contributed by atoms with Crippen LogP contribution in [-0.4, -0.2) is 0 Å². The summed E-state index contributed by atoms with van der Waals surface area (Å²) in [5.41, 5.74) is 6.45. The van der Waals surface area contributed by atoms with E-state index in [-0.39, 0.29) is 5.69 Å². The van der Waals surface area contributed by atoms with Crippen molar-refractivity contribution in [2.75, 3.05) is 4.90 Å². The summed E-state index contributed by atoms with van der Waals surface area (Å²) in [6.07, 6.45) is 0. The van der Waals surface area contributed by atoms with Crippen LogP contribution >= 0.6 is 0 Å². The van der Waals surface area contributed by atoms with Gasteiger partial charge in [-0.1, -0.05) is 188 Å².